The molecular formula is C33H26N2O7S. The number of hydrogen-bond acceptors (Lipinski definition) is 7. The van der Waals surface area contributed by atoms with Crippen LogP contribution < -0.4 is 14.8 Å². The van der Waals surface area contributed by atoms with Crippen LogP contribution in [0.2, 0.25) is 0 Å². The van der Waals surface area contributed by atoms with Gasteiger partial charge >= 0.3 is 5.97 Å². The Kier molecular flexibility index (Phi) is 7.21. The predicted molar refractivity (Wildman–Crippen MR) is 165 cm³/mol. The van der Waals surface area contributed by atoms with Crippen LogP contribution in [0.1, 0.15) is 17.3 Å². The highest BCUT2D eigenvalue weighted by atomic mass is 32.2. The highest BCUT2D eigenvalue weighted by Gasteiger charge is 2.23. The van der Waals surface area contributed by atoms with Gasteiger partial charge in [0.1, 0.15) is 16.9 Å². The maximum atomic E-state index is 13.4. The Bertz CT molecular complexity index is 2130. The number of rotatable bonds is 8. The topological polar surface area (TPSA) is 124 Å². The van der Waals surface area contributed by atoms with Crippen LogP contribution in [0.4, 0.5) is 11.4 Å². The van der Waals surface area contributed by atoms with Crippen molar-refractivity contribution in [1.29, 1.82) is 0 Å². The number of para-hydroxylation sites is 1. The van der Waals surface area contributed by atoms with Crippen LogP contribution in [0.15, 0.2) is 112 Å². The standard InChI is InChI=1S/C33H26N2O7S/c1-20(32(36)34-27-15-8-10-21-9-3-4-13-24(21)27)41-33(37)22-11-7-12-23(17-22)43(38,39)35-28-19-30-26(18-31(28)40-2)25-14-5-6-16-29(25)42-30/h3-20,35H,1-2H3,(H,34,36). The number of carbonyl (C=O) groups is 2. The van der Waals surface area contributed by atoms with E-state index in [1.54, 1.807) is 18.2 Å². The molecule has 0 saturated heterocycles. The summed E-state index contributed by atoms with van der Waals surface area (Å²) in [6.07, 6.45) is -1.15. The number of furan rings is 1. The van der Waals surface area contributed by atoms with Crippen molar-refractivity contribution >= 4 is 66.0 Å². The van der Waals surface area contributed by atoms with Gasteiger partial charge in [-0.25, -0.2) is 13.2 Å². The van der Waals surface area contributed by atoms with E-state index >= 15 is 0 Å². The zero-order valence-corrected chi connectivity index (χ0v) is 24.0. The lowest BCUT2D eigenvalue weighted by Gasteiger charge is -2.15. The van der Waals surface area contributed by atoms with Gasteiger partial charge in [-0.05, 0) is 48.7 Å². The molecule has 2 N–H and O–H groups in total. The number of anilines is 2. The zero-order valence-electron chi connectivity index (χ0n) is 23.2. The van der Waals surface area contributed by atoms with Gasteiger partial charge in [-0.15, -0.1) is 0 Å². The molecule has 0 aliphatic carbocycles. The number of amides is 1. The van der Waals surface area contributed by atoms with Crippen molar-refractivity contribution in [3.63, 3.8) is 0 Å². The molecule has 216 valence electrons. The molecule has 0 bridgehead atoms. The minimum atomic E-state index is -4.17. The second-order valence-corrected chi connectivity index (χ2v) is 11.5. The van der Waals surface area contributed by atoms with Gasteiger partial charge in [0.25, 0.3) is 15.9 Å². The maximum absolute atomic E-state index is 13.4. The third kappa shape index (κ3) is 5.47. The van der Waals surface area contributed by atoms with Gasteiger partial charge in [0.05, 0.1) is 23.3 Å². The second kappa shape index (κ2) is 11.1. The van der Waals surface area contributed by atoms with E-state index in [0.717, 1.165) is 21.5 Å². The monoisotopic (exact) mass is 594 g/mol. The van der Waals surface area contributed by atoms with Crippen LogP contribution in [0, 0.1) is 0 Å². The fourth-order valence-electron chi connectivity index (χ4n) is 4.84. The first-order valence-electron chi connectivity index (χ1n) is 13.4. The minimum Gasteiger partial charge on any atom is -0.495 e. The summed E-state index contributed by atoms with van der Waals surface area (Å²) in [7, 11) is -2.73. The Hall–Kier alpha value is -5.35. The molecule has 43 heavy (non-hydrogen) atoms. The van der Waals surface area contributed by atoms with Gasteiger partial charge in [0.15, 0.2) is 6.10 Å². The highest BCUT2D eigenvalue weighted by molar-refractivity contribution is 7.92. The molecular weight excluding hydrogens is 568 g/mol. The summed E-state index contributed by atoms with van der Waals surface area (Å²) < 4.78 is 46.0. The first-order valence-corrected chi connectivity index (χ1v) is 14.8. The summed E-state index contributed by atoms with van der Waals surface area (Å²) in [5, 5.41) is 6.24. The third-order valence-electron chi connectivity index (χ3n) is 7.02. The summed E-state index contributed by atoms with van der Waals surface area (Å²) in [5.74, 6) is -1.08. The van der Waals surface area contributed by atoms with E-state index in [1.807, 2.05) is 60.7 Å². The quantitative estimate of drug-likeness (QED) is 0.187. The van der Waals surface area contributed by atoms with E-state index in [2.05, 4.69) is 10.0 Å². The van der Waals surface area contributed by atoms with Crippen LogP contribution in [-0.4, -0.2) is 33.5 Å². The number of nitrogens with one attached hydrogen (secondary N) is 2. The molecule has 0 aliphatic rings. The zero-order chi connectivity index (χ0) is 30.1. The molecule has 1 heterocycles. The van der Waals surface area contributed by atoms with E-state index in [0.29, 0.717) is 22.6 Å². The first-order chi connectivity index (χ1) is 20.7. The Morgan fingerprint density at radius 3 is 2.30 bits per heavy atom. The molecule has 0 radical (unpaired) electrons. The van der Waals surface area contributed by atoms with Crippen molar-refractivity contribution in [3.8, 4) is 5.75 Å². The van der Waals surface area contributed by atoms with Crippen LogP contribution in [-0.2, 0) is 19.6 Å². The summed E-state index contributed by atoms with van der Waals surface area (Å²) >= 11 is 0. The van der Waals surface area contributed by atoms with Gasteiger partial charge in [-0.1, -0.05) is 60.7 Å². The highest BCUT2D eigenvalue weighted by Crippen LogP contribution is 2.37. The van der Waals surface area contributed by atoms with Crippen molar-refractivity contribution < 1.29 is 31.9 Å². The summed E-state index contributed by atoms with van der Waals surface area (Å²) in [6, 6.07) is 29.2. The Balaban J connectivity index is 1.19. The van der Waals surface area contributed by atoms with Crippen molar-refractivity contribution in [2.24, 2.45) is 0 Å². The average molecular weight is 595 g/mol. The third-order valence-corrected chi connectivity index (χ3v) is 8.39. The lowest BCUT2D eigenvalue weighted by molar-refractivity contribution is -0.123. The molecule has 10 heteroatoms. The number of hydrogen-bond donors (Lipinski definition) is 2. The molecule has 6 aromatic rings. The van der Waals surface area contributed by atoms with E-state index < -0.39 is 28.0 Å². The molecule has 0 spiro atoms. The molecule has 5 aromatic carbocycles. The average Bonchev–Trinajstić information content (AvgIpc) is 3.38. The molecule has 0 saturated carbocycles. The Labute approximate surface area is 247 Å². The second-order valence-electron chi connectivity index (χ2n) is 9.84. The molecule has 1 aromatic heterocycles. The summed E-state index contributed by atoms with van der Waals surface area (Å²) in [6.45, 7) is 1.45. The number of benzene rings is 5. The fourth-order valence-corrected chi connectivity index (χ4v) is 5.95. The van der Waals surface area contributed by atoms with E-state index in [1.165, 1.54) is 38.3 Å². The number of methoxy groups -OCH3 is 1. The Morgan fingerprint density at radius 2 is 1.49 bits per heavy atom. The number of carbonyl (C=O) groups excluding carboxylic acids is 2. The minimum absolute atomic E-state index is 0.0348. The lowest BCUT2D eigenvalue weighted by atomic mass is 10.1. The predicted octanol–water partition coefficient (Wildman–Crippen LogP) is 6.73. The van der Waals surface area contributed by atoms with Crippen molar-refractivity contribution in [1.82, 2.24) is 0 Å². The molecule has 0 fully saturated rings. The number of sulfonamides is 1. The molecule has 0 aliphatic heterocycles. The molecule has 1 amide bonds. The van der Waals surface area contributed by atoms with Crippen LogP contribution in [0.3, 0.4) is 0 Å². The van der Waals surface area contributed by atoms with Crippen molar-refractivity contribution in [3.05, 3.63) is 109 Å². The molecule has 9 nitrogen and oxygen atoms in total. The van der Waals surface area contributed by atoms with E-state index in [-0.39, 0.29) is 16.1 Å². The molecule has 1 unspecified atom stereocenters. The van der Waals surface area contributed by atoms with Crippen molar-refractivity contribution in [2.75, 3.05) is 17.1 Å². The molecule has 1 atom stereocenters. The van der Waals surface area contributed by atoms with E-state index in [4.69, 9.17) is 13.9 Å². The maximum Gasteiger partial charge on any atom is 0.338 e. The molecule has 6 rings (SSSR count). The van der Waals surface area contributed by atoms with Gasteiger partial charge < -0.3 is 19.2 Å². The summed E-state index contributed by atoms with van der Waals surface area (Å²) in [5.41, 5.74) is 1.85. The smallest absolute Gasteiger partial charge is 0.338 e. The van der Waals surface area contributed by atoms with Crippen LogP contribution in [0.25, 0.3) is 32.7 Å². The van der Waals surface area contributed by atoms with Crippen LogP contribution in [0.5, 0.6) is 5.75 Å². The first kappa shape index (κ1) is 27.8. The summed E-state index contributed by atoms with van der Waals surface area (Å²) in [4.78, 5) is 25.6. The van der Waals surface area contributed by atoms with E-state index in [9.17, 15) is 18.0 Å². The number of ether oxygens (including phenoxy) is 2. The Morgan fingerprint density at radius 1 is 0.767 bits per heavy atom. The van der Waals surface area contributed by atoms with Crippen molar-refractivity contribution in [2.45, 2.75) is 17.9 Å². The number of fused-ring (bicyclic) bond motifs is 4. The SMILES string of the molecule is COc1cc2c(cc1NS(=O)(=O)c1cccc(C(=O)OC(C)C(=O)Nc3cccc4ccccc34)c1)oc1ccccc12. The van der Waals surface area contributed by atoms with Gasteiger partial charge in [0, 0.05) is 27.9 Å². The van der Waals surface area contributed by atoms with Gasteiger partial charge in [0.2, 0.25) is 0 Å². The normalized spacial score (nSPS) is 12.2. The van der Waals surface area contributed by atoms with Gasteiger partial charge in [-0.2, -0.15) is 0 Å². The van der Waals surface area contributed by atoms with Gasteiger partial charge in [-0.3, -0.25) is 9.52 Å². The lowest BCUT2D eigenvalue weighted by Crippen LogP contribution is -2.30. The van der Waals surface area contributed by atoms with Crippen LogP contribution >= 0.6 is 0 Å². The largest absolute Gasteiger partial charge is 0.495 e. The number of esters is 1. The fraction of sp³-hybridized carbons (Fsp3) is 0.0909.